The van der Waals surface area contributed by atoms with E-state index < -0.39 is 10.0 Å². The number of aromatic nitrogens is 2. The van der Waals surface area contributed by atoms with Gasteiger partial charge in [-0.1, -0.05) is 31.2 Å². The predicted octanol–water partition coefficient (Wildman–Crippen LogP) is 5.31. The minimum absolute atomic E-state index is 0.0367. The molecule has 6 rings (SSSR count). The number of anilines is 1. The van der Waals surface area contributed by atoms with E-state index in [-0.39, 0.29) is 46.7 Å². The Morgan fingerprint density at radius 1 is 1.02 bits per heavy atom. The number of allylic oxidation sites excluding steroid dienone is 1. The van der Waals surface area contributed by atoms with Crippen LogP contribution in [0.15, 0.2) is 59.5 Å². The summed E-state index contributed by atoms with van der Waals surface area (Å²) in [4.78, 5) is 38.3. The lowest BCUT2D eigenvalue weighted by Gasteiger charge is -2.41. The molecule has 46 heavy (non-hydrogen) atoms. The molecule has 3 aliphatic rings. The van der Waals surface area contributed by atoms with Crippen LogP contribution in [0.5, 0.6) is 0 Å². The molecular weight excluding hydrogens is 602 g/mol. The number of nitrogens with zero attached hydrogens (tertiary/aromatic N) is 3. The molecule has 3 heterocycles. The summed E-state index contributed by atoms with van der Waals surface area (Å²) in [5.74, 6) is -0.0398. The van der Waals surface area contributed by atoms with Gasteiger partial charge in [0.05, 0.1) is 22.8 Å². The number of nitrogens with one attached hydrogen (secondary N) is 2. The first-order chi connectivity index (χ1) is 21.8. The van der Waals surface area contributed by atoms with Gasteiger partial charge in [0, 0.05) is 42.9 Å². The number of sulfonamides is 1. The van der Waals surface area contributed by atoms with Gasteiger partial charge in [-0.05, 0) is 100 Å². The lowest BCUT2D eigenvalue weighted by molar-refractivity contribution is -0.122. The monoisotopic (exact) mass is 647 g/mol. The van der Waals surface area contributed by atoms with Gasteiger partial charge < -0.3 is 10.6 Å². The highest BCUT2D eigenvalue weighted by atomic mass is 32.2. The summed E-state index contributed by atoms with van der Waals surface area (Å²) in [7, 11) is -1.72. The molecule has 2 amide bonds. The summed E-state index contributed by atoms with van der Waals surface area (Å²) >= 11 is 0. The van der Waals surface area contributed by atoms with Gasteiger partial charge in [-0.3, -0.25) is 18.7 Å². The summed E-state index contributed by atoms with van der Waals surface area (Å²) < 4.78 is 31.7. The van der Waals surface area contributed by atoms with Crippen LogP contribution < -0.4 is 16.3 Å². The van der Waals surface area contributed by atoms with E-state index in [2.05, 4.69) is 29.3 Å². The molecule has 1 unspecified atom stereocenters. The van der Waals surface area contributed by atoms with Crippen molar-refractivity contribution in [3.8, 4) is 0 Å². The minimum Gasteiger partial charge on any atom is -0.328 e. The van der Waals surface area contributed by atoms with Crippen LogP contribution in [0.1, 0.15) is 94.7 Å². The third-order valence-electron chi connectivity index (χ3n) is 10.3. The van der Waals surface area contributed by atoms with Crippen molar-refractivity contribution in [3.05, 3.63) is 76.4 Å². The molecule has 2 saturated heterocycles. The van der Waals surface area contributed by atoms with E-state index in [1.54, 1.807) is 38.7 Å². The molecule has 2 aromatic carbocycles. The van der Waals surface area contributed by atoms with E-state index in [0.717, 1.165) is 61.5 Å². The Kier molecular flexibility index (Phi) is 8.75. The average molecular weight is 648 g/mol. The summed E-state index contributed by atoms with van der Waals surface area (Å²) in [6, 6.07) is 13.1. The number of carbonyl (C=O) groups is 2. The molecule has 0 spiro atoms. The summed E-state index contributed by atoms with van der Waals surface area (Å²) in [5.41, 5.74) is 4.13. The van der Waals surface area contributed by atoms with Gasteiger partial charge in [0.2, 0.25) is 21.8 Å². The molecule has 0 radical (unpaired) electrons. The van der Waals surface area contributed by atoms with Crippen LogP contribution in [0.4, 0.5) is 5.69 Å². The fraction of sp³-hybridized carbons (Fsp3) is 0.514. The maximum Gasteiger partial charge on any atom is 0.329 e. The largest absolute Gasteiger partial charge is 0.329 e. The number of fused-ring (bicyclic) bond motifs is 1. The van der Waals surface area contributed by atoms with Crippen LogP contribution in [-0.4, -0.2) is 45.8 Å². The van der Waals surface area contributed by atoms with E-state index in [1.165, 1.54) is 0 Å². The molecule has 3 fully saturated rings. The Balaban J connectivity index is 1.09. The van der Waals surface area contributed by atoms with Crippen molar-refractivity contribution < 1.29 is 18.0 Å². The smallest absolute Gasteiger partial charge is 0.328 e. The van der Waals surface area contributed by atoms with Crippen LogP contribution in [0.25, 0.3) is 11.0 Å². The number of aryl methyl sites for hydroxylation is 1. The molecule has 1 aromatic heterocycles. The number of rotatable bonds is 7. The summed E-state index contributed by atoms with van der Waals surface area (Å²) in [6.07, 6.45) is 6.85. The quantitative estimate of drug-likeness (QED) is 0.360. The number of amides is 2. The van der Waals surface area contributed by atoms with Crippen molar-refractivity contribution in [2.75, 3.05) is 11.9 Å². The van der Waals surface area contributed by atoms with Crippen LogP contribution >= 0.6 is 0 Å². The van der Waals surface area contributed by atoms with Gasteiger partial charge in [0.1, 0.15) is 0 Å². The van der Waals surface area contributed by atoms with Gasteiger partial charge >= 0.3 is 5.69 Å². The van der Waals surface area contributed by atoms with E-state index in [0.29, 0.717) is 36.3 Å². The van der Waals surface area contributed by atoms with Crippen LogP contribution in [0, 0.1) is 5.92 Å². The predicted molar refractivity (Wildman–Crippen MR) is 180 cm³/mol. The molecule has 2 N–H and O–H groups in total. The van der Waals surface area contributed by atoms with Crippen molar-refractivity contribution >= 4 is 38.6 Å². The highest BCUT2D eigenvalue weighted by molar-refractivity contribution is 7.88. The van der Waals surface area contributed by atoms with Gasteiger partial charge in [-0.15, -0.1) is 0 Å². The first-order valence-electron chi connectivity index (χ1n) is 16.4. The Labute approximate surface area is 270 Å². The number of carbonyl (C=O) groups excluding carboxylic acids is 2. The summed E-state index contributed by atoms with van der Waals surface area (Å²) in [6.45, 7) is 8.53. The second-order valence-electron chi connectivity index (χ2n) is 13.9. The Morgan fingerprint density at radius 2 is 1.78 bits per heavy atom. The molecule has 246 valence electrons. The van der Waals surface area contributed by atoms with Crippen LogP contribution in [0.3, 0.4) is 0 Å². The maximum absolute atomic E-state index is 13.3. The standard InChI is InChI=1S/C35H45N5O5S/c1-23-29(16-17-32(41)36-23)40-30-15-14-27(21-31(30)38(4)34(40)43)25-10-12-26(13-11-25)33(42)37-28-9-7-8-24(20-28)22-46(44,45)39-19-6-5-18-35(39,2)3/h7-9,14-15,20-21,25-26,29H,1,5-6,10-13,16-19,22H2,2-4H3,(H,36,41)(H,37,42). The summed E-state index contributed by atoms with van der Waals surface area (Å²) in [5, 5.41) is 5.83. The molecule has 11 heteroatoms. The Morgan fingerprint density at radius 3 is 2.50 bits per heavy atom. The molecule has 1 saturated carbocycles. The van der Waals surface area contributed by atoms with Crippen LogP contribution in [-0.2, 0) is 32.4 Å². The topological polar surface area (TPSA) is 123 Å². The highest BCUT2D eigenvalue weighted by Crippen LogP contribution is 2.38. The number of hydrogen-bond acceptors (Lipinski definition) is 5. The first-order valence-corrected chi connectivity index (χ1v) is 18.0. The SMILES string of the molecule is C=C1NC(=O)CCC1n1c(=O)n(C)c2cc(C3CCC(C(=O)Nc4cccc(CS(=O)(=O)N5CCCCC5(C)C)c4)CC3)ccc21. The average Bonchev–Trinajstić information content (AvgIpc) is 3.25. The number of piperidine rings is 2. The molecule has 3 aromatic rings. The molecule has 2 aliphatic heterocycles. The molecule has 10 nitrogen and oxygen atoms in total. The Bertz CT molecular complexity index is 1850. The normalized spacial score (nSPS) is 24.1. The zero-order chi connectivity index (χ0) is 32.8. The second-order valence-corrected chi connectivity index (χ2v) is 15.8. The third kappa shape index (κ3) is 6.31. The number of imidazole rings is 1. The van der Waals surface area contributed by atoms with Gasteiger partial charge in [-0.2, -0.15) is 4.31 Å². The number of hydrogen-bond donors (Lipinski definition) is 2. The van der Waals surface area contributed by atoms with Gasteiger partial charge in [0.15, 0.2) is 0 Å². The van der Waals surface area contributed by atoms with Crippen LogP contribution in [0.2, 0.25) is 0 Å². The molecule has 0 bridgehead atoms. The second kappa shape index (κ2) is 12.5. The van der Waals surface area contributed by atoms with Crippen molar-refractivity contribution in [2.24, 2.45) is 13.0 Å². The van der Waals surface area contributed by atoms with Crippen molar-refractivity contribution in [2.45, 2.75) is 94.9 Å². The fourth-order valence-electron chi connectivity index (χ4n) is 7.70. The van der Waals surface area contributed by atoms with E-state index in [1.807, 2.05) is 26.0 Å². The molecule has 1 aliphatic carbocycles. The lowest BCUT2D eigenvalue weighted by atomic mass is 9.78. The Hall–Kier alpha value is -3.70. The van der Waals surface area contributed by atoms with Gasteiger partial charge in [0.25, 0.3) is 0 Å². The zero-order valence-electron chi connectivity index (χ0n) is 27.0. The number of benzene rings is 2. The van der Waals surface area contributed by atoms with E-state index >= 15 is 0 Å². The minimum atomic E-state index is -3.49. The van der Waals surface area contributed by atoms with E-state index in [9.17, 15) is 22.8 Å². The maximum atomic E-state index is 13.3. The molecule has 1 atom stereocenters. The third-order valence-corrected chi connectivity index (χ3v) is 12.3. The van der Waals surface area contributed by atoms with Gasteiger partial charge in [-0.25, -0.2) is 13.2 Å². The van der Waals surface area contributed by atoms with Crippen molar-refractivity contribution in [3.63, 3.8) is 0 Å². The highest BCUT2D eigenvalue weighted by Gasteiger charge is 2.38. The fourth-order valence-corrected chi connectivity index (χ4v) is 9.71. The van der Waals surface area contributed by atoms with Crippen molar-refractivity contribution in [1.29, 1.82) is 0 Å². The zero-order valence-corrected chi connectivity index (χ0v) is 27.9. The van der Waals surface area contributed by atoms with Crippen molar-refractivity contribution in [1.82, 2.24) is 18.8 Å². The van der Waals surface area contributed by atoms with E-state index in [4.69, 9.17) is 0 Å². The molecular formula is C35H45N5O5S. The lowest BCUT2D eigenvalue weighted by Crippen LogP contribution is -2.50. The first kappa shape index (κ1) is 32.2.